The first kappa shape index (κ1) is 15.5. The Morgan fingerprint density at radius 3 is 1.95 bits per heavy atom. The van der Waals surface area contributed by atoms with Gasteiger partial charge in [-0.05, 0) is 0 Å². The van der Waals surface area contributed by atoms with Gasteiger partial charge in [0, 0.05) is 0 Å². The molecule has 1 aliphatic carbocycles. The van der Waals surface area contributed by atoms with Crippen LogP contribution in [0.4, 0.5) is 0 Å². The molecule has 6 N–H and O–H groups in total. The van der Waals surface area contributed by atoms with Crippen LogP contribution in [0.25, 0.3) is 0 Å². The van der Waals surface area contributed by atoms with E-state index in [1.165, 1.54) is 0 Å². The molecule has 0 aromatic heterocycles. The molecule has 1 saturated heterocycles. The Morgan fingerprint density at radius 2 is 1.47 bits per heavy atom. The summed E-state index contributed by atoms with van der Waals surface area (Å²) in [6, 6.07) is 0. The summed E-state index contributed by atoms with van der Waals surface area (Å²) in [5.74, 6) is 0. The van der Waals surface area contributed by atoms with E-state index in [0.717, 1.165) is 0 Å². The highest BCUT2D eigenvalue weighted by Gasteiger charge is 2.60. The van der Waals surface area contributed by atoms with Crippen molar-refractivity contribution in [3.05, 3.63) is 0 Å². The Bertz CT molecular complexity index is 446. The van der Waals surface area contributed by atoms with E-state index in [-0.39, 0.29) is 0 Å². The third kappa shape index (κ3) is 3.07. The number of rotatable bonds is 2. The van der Waals surface area contributed by atoms with Crippen LogP contribution < -0.4 is 0 Å². The van der Waals surface area contributed by atoms with Crippen LogP contribution in [-0.4, -0.2) is 66.6 Å². The first-order valence-corrected chi connectivity index (χ1v) is 8.02. The van der Waals surface area contributed by atoms with E-state index >= 15 is 0 Å². The molecule has 0 spiro atoms. The Hall–Kier alpha value is 0.1000. The predicted molar refractivity (Wildman–Crippen MR) is 54.5 cm³/mol. The van der Waals surface area contributed by atoms with E-state index in [0.29, 0.717) is 0 Å². The van der Waals surface area contributed by atoms with Gasteiger partial charge >= 0.3 is 15.6 Å². The fraction of sp³-hybridized carbons (Fsp3) is 1.00. The van der Waals surface area contributed by atoms with Gasteiger partial charge in [-0.2, -0.15) is 0 Å². The average molecular weight is 322 g/mol. The normalized spacial score (nSPS) is 51.1. The van der Waals surface area contributed by atoms with Gasteiger partial charge in [0.25, 0.3) is 0 Å². The van der Waals surface area contributed by atoms with Crippen molar-refractivity contribution < 1.29 is 52.7 Å². The van der Waals surface area contributed by atoms with Gasteiger partial charge in [0.1, 0.15) is 36.6 Å². The quantitative estimate of drug-likeness (QED) is 0.294. The number of hydrogen-bond donors (Lipinski definition) is 6. The molecule has 0 amide bonds. The van der Waals surface area contributed by atoms with Crippen molar-refractivity contribution >= 4 is 15.6 Å². The van der Waals surface area contributed by atoms with Gasteiger partial charge in [-0.15, -0.1) is 0 Å². The first-order valence-electron chi connectivity index (χ1n) is 4.99. The van der Waals surface area contributed by atoms with Crippen molar-refractivity contribution in [3.8, 4) is 0 Å². The van der Waals surface area contributed by atoms with Crippen LogP contribution in [-0.2, 0) is 22.7 Å². The molecule has 7 atom stereocenters. The second kappa shape index (κ2) is 4.83. The molecule has 1 aliphatic heterocycles. The fourth-order valence-corrected chi connectivity index (χ4v) is 3.75. The second-order valence-corrected chi connectivity index (χ2v) is 6.69. The van der Waals surface area contributed by atoms with Crippen LogP contribution >= 0.6 is 15.6 Å². The van der Waals surface area contributed by atoms with Crippen LogP contribution in [0.3, 0.4) is 0 Å². The lowest BCUT2D eigenvalue weighted by Gasteiger charge is -2.40. The van der Waals surface area contributed by atoms with Crippen molar-refractivity contribution in [3.63, 3.8) is 0 Å². The number of phosphoric acid groups is 2. The molecule has 2 rings (SSSR count). The van der Waals surface area contributed by atoms with Crippen molar-refractivity contribution in [1.29, 1.82) is 0 Å². The smallest absolute Gasteiger partial charge is 0.387 e. The van der Waals surface area contributed by atoms with Crippen molar-refractivity contribution in [2.75, 3.05) is 0 Å². The summed E-state index contributed by atoms with van der Waals surface area (Å²) in [5.41, 5.74) is 0. The van der Waals surface area contributed by atoms with Crippen LogP contribution in [0.15, 0.2) is 0 Å². The largest absolute Gasteiger partial charge is 0.473 e. The summed E-state index contributed by atoms with van der Waals surface area (Å²) >= 11 is 0. The summed E-state index contributed by atoms with van der Waals surface area (Å²) in [6.45, 7) is 0. The molecule has 0 bridgehead atoms. The highest BCUT2D eigenvalue weighted by molar-refractivity contribution is 7.47. The fourth-order valence-electron chi connectivity index (χ4n) is 2.03. The van der Waals surface area contributed by atoms with Gasteiger partial charge in [-0.3, -0.25) is 13.6 Å². The standard InChI is InChI=1S/C6H12O11P2/c7-1-2(8)5-6(17-19(13,14)16-5)3(9)4(1)15-18(10,11)12/h1-9H,(H,13,14)(H2,10,11,12). The first-order chi connectivity index (χ1) is 8.52. The Kier molecular flexibility index (Phi) is 3.94. The van der Waals surface area contributed by atoms with Gasteiger partial charge in [-0.25, -0.2) is 9.13 Å². The second-order valence-electron chi connectivity index (χ2n) is 4.14. The molecule has 0 aromatic carbocycles. The van der Waals surface area contributed by atoms with E-state index in [4.69, 9.17) is 14.7 Å². The van der Waals surface area contributed by atoms with Crippen LogP contribution in [0, 0.1) is 0 Å². The number of aliphatic hydroxyl groups is 3. The van der Waals surface area contributed by atoms with Gasteiger partial charge in [-0.1, -0.05) is 0 Å². The minimum atomic E-state index is -5.06. The number of aliphatic hydroxyl groups excluding tert-OH is 3. The Morgan fingerprint density at radius 1 is 1.00 bits per heavy atom. The molecular formula is C6H12O11P2. The maximum Gasteiger partial charge on any atom is 0.473 e. The summed E-state index contributed by atoms with van der Waals surface area (Å²) in [7, 11) is -9.57. The van der Waals surface area contributed by atoms with Gasteiger partial charge < -0.3 is 30.0 Å². The molecular weight excluding hydrogens is 310 g/mol. The molecule has 7 unspecified atom stereocenters. The van der Waals surface area contributed by atoms with Gasteiger partial charge in [0.2, 0.25) is 0 Å². The average Bonchev–Trinajstić information content (AvgIpc) is 2.57. The molecule has 112 valence electrons. The Balaban J connectivity index is 2.25. The number of phosphoric ester groups is 2. The maximum absolute atomic E-state index is 11.2. The zero-order chi connectivity index (χ0) is 14.6. The molecule has 19 heavy (non-hydrogen) atoms. The minimum Gasteiger partial charge on any atom is -0.387 e. The van der Waals surface area contributed by atoms with E-state index in [2.05, 4.69) is 13.6 Å². The highest BCUT2D eigenvalue weighted by Crippen LogP contribution is 2.56. The summed E-state index contributed by atoms with van der Waals surface area (Å²) in [6.07, 6.45) is -10.6. The zero-order valence-electron chi connectivity index (χ0n) is 9.08. The summed E-state index contributed by atoms with van der Waals surface area (Å²) in [5, 5.41) is 29.0. The maximum atomic E-state index is 11.2. The SMILES string of the molecule is O=P(O)(O)OC1C(O)C(O)C2OP(=O)(O)OC2C1O. The third-order valence-electron chi connectivity index (χ3n) is 2.79. The molecule has 1 saturated carbocycles. The highest BCUT2D eigenvalue weighted by atomic mass is 31.2. The number of fused-ring (bicyclic) bond motifs is 1. The molecule has 2 aliphatic rings. The lowest BCUT2D eigenvalue weighted by atomic mass is 9.85. The lowest BCUT2D eigenvalue weighted by molar-refractivity contribution is -0.188. The molecule has 2 fully saturated rings. The van der Waals surface area contributed by atoms with Crippen LogP contribution in [0.5, 0.6) is 0 Å². The summed E-state index contributed by atoms with van der Waals surface area (Å²) in [4.78, 5) is 26.4. The molecule has 11 nitrogen and oxygen atoms in total. The van der Waals surface area contributed by atoms with Gasteiger partial charge in [0.05, 0.1) is 0 Å². The van der Waals surface area contributed by atoms with E-state index in [1.807, 2.05) is 0 Å². The minimum absolute atomic E-state index is 1.52. The van der Waals surface area contributed by atoms with Gasteiger partial charge in [0.15, 0.2) is 0 Å². The monoisotopic (exact) mass is 322 g/mol. The molecule has 0 radical (unpaired) electrons. The van der Waals surface area contributed by atoms with Crippen LogP contribution in [0.1, 0.15) is 0 Å². The molecule has 1 heterocycles. The van der Waals surface area contributed by atoms with Crippen LogP contribution in [0.2, 0.25) is 0 Å². The van der Waals surface area contributed by atoms with E-state index in [1.54, 1.807) is 0 Å². The summed E-state index contributed by atoms with van der Waals surface area (Å²) < 4.78 is 35.0. The van der Waals surface area contributed by atoms with Crippen molar-refractivity contribution in [2.45, 2.75) is 36.6 Å². The topological polar surface area (TPSA) is 183 Å². The lowest BCUT2D eigenvalue weighted by Crippen LogP contribution is -2.63. The van der Waals surface area contributed by atoms with Crippen molar-refractivity contribution in [1.82, 2.24) is 0 Å². The Labute approximate surface area is 106 Å². The third-order valence-corrected chi connectivity index (χ3v) is 4.33. The van der Waals surface area contributed by atoms with E-state index in [9.17, 15) is 24.4 Å². The molecule has 13 heteroatoms. The van der Waals surface area contributed by atoms with Crippen molar-refractivity contribution in [2.24, 2.45) is 0 Å². The number of hydrogen-bond acceptors (Lipinski definition) is 8. The zero-order valence-corrected chi connectivity index (χ0v) is 10.9. The van der Waals surface area contributed by atoms with E-state index < -0.39 is 52.3 Å². The predicted octanol–water partition coefficient (Wildman–Crippen LogP) is -2.56. The molecule has 0 aromatic rings.